The predicted octanol–water partition coefficient (Wildman–Crippen LogP) is 3.29. The summed E-state index contributed by atoms with van der Waals surface area (Å²) in [4.78, 5) is 69.7. The van der Waals surface area contributed by atoms with Crippen molar-refractivity contribution in [2.75, 3.05) is 80.7 Å². The number of esters is 2. The number of hydrogen-bond donors (Lipinski definition) is 4. The smallest absolute Gasteiger partial charge is 0.333 e. The van der Waals surface area contributed by atoms with Gasteiger partial charge in [-0.05, 0) is 64.7 Å². The van der Waals surface area contributed by atoms with Gasteiger partial charge < -0.3 is 39.5 Å². The molecule has 0 aromatic heterocycles. The van der Waals surface area contributed by atoms with Gasteiger partial charge in [0.15, 0.2) is 0 Å². The summed E-state index contributed by atoms with van der Waals surface area (Å²) in [6.45, 7) is 20.6. The third kappa shape index (κ3) is 18.5. The van der Waals surface area contributed by atoms with Crippen LogP contribution >= 0.6 is 0 Å². The Bertz CT molecular complexity index is 1270. The number of likely N-dealkylation sites (N-methyl/N-ethyl adjacent to an activating group) is 1. The number of nitrogens with one attached hydrogen (secondary N) is 3. The Balaban J connectivity index is 3.31. The van der Waals surface area contributed by atoms with Gasteiger partial charge in [-0.1, -0.05) is 47.6 Å². The highest BCUT2D eigenvalue weighted by Gasteiger charge is 2.46. The fourth-order valence-electron chi connectivity index (χ4n) is 7.77. The number of ether oxygens (including phenoxy) is 2. The van der Waals surface area contributed by atoms with Crippen LogP contribution in [0, 0.1) is 22.7 Å². The van der Waals surface area contributed by atoms with E-state index in [0.29, 0.717) is 75.9 Å². The largest absolute Gasteiger partial charge is 0.465 e. The van der Waals surface area contributed by atoms with Gasteiger partial charge in [-0.25, -0.2) is 4.79 Å². The lowest BCUT2D eigenvalue weighted by atomic mass is 9.66. The lowest BCUT2D eigenvalue weighted by Crippen LogP contribution is -3.05. The minimum Gasteiger partial charge on any atom is -0.465 e. The van der Waals surface area contributed by atoms with Crippen LogP contribution in [0.2, 0.25) is 0 Å². The van der Waals surface area contributed by atoms with E-state index in [1.165, 1.54) is 4.90 Å². The summed E-state index contributed by atoms with van der Waals surface area (Å²) in [6.07, 6.45) is 6.34. The van der Waals surface area contributed by atoms with Crippen LogP contribution in [0.25, 0.3) is 0 Å². The lowest BCUT2D eigenvalue weighted by molar-refractivity contribution is -0.893. The highest BCUT2D eigenvalue weighted by atomic mass is 16.5. The number of likely N-dealkylation sites (tertiary alicyclic amines) is 1. The molecular formula is C43H81N5O8+2. The highest BCUT2D eigenvalue weighted by molar-refractivity contribution is 5.87. The molecule has 1 rings (SSSR count). The van der Waals surface area contributed by atoms with Crippen molar-refractivity contribution >= 4 is 29.7 Å². The van der Waals surface area contributed by atoms with Crippen molar-refractivity contribution in [3.05, 3.63) is 12.2 Å². The minimum atomic E-state index is -1.01. The number of aliphatic hydroxyl groups is 1. The molecule has 0 aromatic carbocycles. The first kappa shape index (κ1) is 51.0. The maximum atomic E-state index is 14.5. The van der Waals surface area contributed by atoms with Crippen molar-refractivity contribution < 1.29 is 47.9 Å². The van der Waals surface area contributed by atoms with Crippen molar-refractivity contribution in [1.29, 1.82) is 0 Å². The van der Waals surface area contributed by atoms with Gasteiger partial charge in [0.1, 0.15) is 19.3 Å². The Hall–Kier alpha value is -3.03. The maximum Gasteiger partial charge on any atom is 0.333 e. The lowest BCUT2D eigenvalue weighted by Gasteiger charge is -2.41. The van der Waals surface area contributed by atoms with Gasteiger partial charge in [0.05, 0.1) is 53.8 Å². The van der Waals surface area contributed by atoms with E-state index in [4.69, 9.17) is 9.47 Å². The molecule has 324 valence electrons. The molecule has 0 radical (unpaired) electrons. The maximum absolute atomic E-state index is 14.5. The molecule has 4 N–H and O–H groups in total. The molecule has 1 aliphatic heterocycles. The number of carbonyl (C=O) groups is 5. The van der Waals surface area contributed by atoms with Crippen molar-refractivity contribution in [3.8, 4) is 0 Å². The van der Waals surface area contributed by atoms with Gasteiger partial charge in [0.25, 0.3) is 0 Å². The molecule has 1 heterocycles. The molecule has 1 fully saturated rings. The highest BCUT2D eigenvalue weighted by Crippen LogP contribution is 2.43. The number of quaternary nitrogens is 2. The quantitative estimate of drug-likeness (QED) is 0.0428. The fourth-order valence-corrected chi connectivity index (χ4v) is 7.77. The number of carbonyl (C=O) groups excluding carboxylic acids is 5. The summed E-state index contributed by atoms with van der Waals surface area (Å²) in [5.41, 5.74) is -1.67. The van der Waals surface area contributed by atoms with E-state index in [9.17, 15) is 29.1 Å². The average molecular weight is 796 g/mol. The van der Waals surface area contributed by atoms with E-state index < -0.39 is 22.9 Å². The Morgan fingerprint density at radius 1 is 0.982 bits per heavy atom. The second-order valence-electron chi connectivity index (χ2n) is 18.3. The topological polar surface area (TPSA) is 156 Å². The molecule has 3 amide bonds. The third-order valence-electron chi connectivity index (χ3n) is 11.4. The number of amides is 3. The molecule has 13 heteroatoms. The Labute approximate surface area is 339 Å². The van der Waals surface area contributed by atoms with Gasteiger partial charge in [-0.3, -0.25) is 19.2 Å². The molecule has 6 unspecified atom stereocenters. The van der Waals surface area contributed by atoms with Crippen LogP contribution in [0.15, 0.2) is 12.2 Å². The van der Waals surface area contributed by atoms with E-state index >= 15 is 0 Å². The number of nitrogens with zero attached hydrogens (tertiary/aromatic N) is 2. The van der Waals surface area contributed by atoms with Gasteiger partial charge in [-0.15, -0.1) is 0 Å². The first-order valence-corrected chi connectivity index (χ1v) is 21.2. The zero-order valence-corrected chi connectivity index (χ0v) is 37.2. The Morgan fingerprint density at radius 3 is 2.21 bits per heavy atom. The monoisotopic (exact) mass is 796 g/mol. The predicted molar refractivity (Wildman–Crippen MR) is 220 cm³/mol. The second kappa shape index (κ2) is 24.7. The molecule has 1 saturated heterocycles. The second-order valence-corrected chi connectivity index (χ2v) is 18.3. The first-order chi connectivity index (χ1) is 26.1. The number of hydrogen-bond acceptors (Lipinski definition) is 8. The van der Waals surface area contributed by atoms with Gasteiger partial charge in [0.2, 0.25) is 17.7 Å². The van der Waals surface area contributed by atoms with Crippen LogP contribution in [0.1, 0.15) is 119 Å². The van der Waals surface area contributed by atoms with Crippen LogP contribution in [0.3, 0.4) is 0 Å². The van der Waals surface area contributed by atoms with Gasteiger partial charge >= 0.3 is 11.9 Å². The summed E-state index contributed by atoms with van der Waals surface area (Å²) in [5.74, 6) is -1.32. The zero-order valence-electron chi connectivity index (χ0n) is 37.2. The minimum absolute atomic E-state index is 0.0456. The summed E-state index contributed by atoms with van der Waals surface area (Å²) in [7, 11) is 8.11. The summed E-state index contributed by atoms with van der Waals surface area (Å²) in [6, 6.07) is -0.213. The summed E-state index contributed by atoms with van der Waals surface area (Å²) in [5, 5.41) is 16.9. The van der Waals surface area contributed by atoms with E-state index in [2.05, 4.69) is 31.3 Å². The molecule has 0 aliphatic carbocycles. The standard InChI is InChI=1S/C43H79N5O8/c1-13-27-55-39(52)35(6)33(4)20-21-42(7,40(53)44-22-17-24-46(9)10)31-43(8,28-34(5)47-25-16-14-15-19-37(47)50)41(54)45-23-18-26-48(11,12)29-36(49)30-56-38(51)32(2)3/h33-36,49H,2,13-31H2,1,3-12H3,(H-,44,45,53,54)/p+2. The Kier molecular flexibility index (Phi) is 22.5. The van der Waals surface area contributed by atoms with Gasteiger partial charge in [0, 0.05) is 61.3 Å². The van der Waals surface area contributed by atoms with Crippen molar-refractivity contribution in [1.82, 2.24) is 15.5 Å². The molecule has 6 atom stereocenters. The van der Waals surface area contributed by atoms with Crippen LogP contribution in [0.5, 0.6) is 0 Å². The molecule has 0 aromatic rings. The van der Waals surface area contributed by atoms with Crippen LogP contribution in [0.4, 0.5) is 0 Å². The van der Waals surface area contributed by atoms with E-state index in [1.807, 2.05) is 60.5 Å². The normalized spacial score (nSPS) is 18.1. The zero-order chi connectivity index (χ0) is 42.7. The molecule has 0 bridgehead atoms. The molecule has 13 nitrogen and oxygen atoms in total. The fraction of sp³-hybridized carbons (Fsp3) is 0.837. The van der Waals surface area contributed by atoms with Gasteiger partial charge in [-0.2, -0.15) is 0 Å². The third-order valence-corrected chi connectivity index (χ3v) is 11.4. The van der Waals surface area contributed by atoms with Crippen LogP contribution in [-0.4, -0.2) is 137 Å². The first-order valence-electron chi connectivity index (χ1n) is 21.2. The van der Waals surface area contributed by atoms with Crippen molar-refractivity contribution in [2.45, 2.75) is 131 Å². The average Bonchev–Trinajstić information content (AvgIpc) is 3.35. The molecule has 0 saturated carbocycles. The van der Waals surface area contributed by atoms with E-state index in [0.717, 1.165) is 38.6 Å². The summed E-state index contributed by atoms with van der Waals surface area (Å²) < 4.78 is 11.0. The summed E-state index contributed by atoms with van der Waals surface area (Å²) >= 11 is 0. The molecule has 0 spiro atoms. The molecular weight excluding hydrogens is 715 g/mol. The van der Waals surface area contributed by atoms with Crippen molar-refractivity contribution in [3.63, 3.8) is 0 Å². The van der Waals surface area contributed by atoms with E-state index in [-0.39, 0.29) is 60.2 Å². The van der Waals surface area contributed by atoms with Crippen molar-refractivity contribution in [2.24, 2.45) is 22.7 Å². The van der Waals surface area contributed by atoms with Crippen LogP contribution < -0.4 is 15.5 Å². The van der Waals surface area contributed by atoms with E-state index in [1.54, 1.807) is 6.92 Å². The SMILES string of the molecule is C=C(C)C(=O)OCC(O)C[N+](C)(C)CCCNC(=O)C(C)(CC(C)N1CCCCCC1=O)CC(C)(CCC(C)C(C)C(=O)OCCC)C(=O)NCCC[NH+](C)C. The Morgan fingerprint density at radius 2 is 1.61 bits per heavy atom. The molecule has 56 heavy (non-hydrogen) atoms. The number of aliphatic hydroxyl groups excluding tert-OH is 1. The molecule has 1 aliphatic rings. The number of rotatable bonds is 27. The van der Waals surface area contributed by atoms with Crippen LogP contribution in [-0.2, 0) is 33.4 Å².